The molecule has 0 radical (unpaired) electrons. The predicted molar refractivity (Wildman–Crippen MR) is 139 cm³/mol. The van der Waals surface area contributed by atoms with Gasteiger partial charge >= 0.3 is 0 Å². The molecule has 35 heavy (non-hydrogen) atoms. The number of rotatable bonds is 8. The minimum atomic E-state index is -3.90. The predicted octanol–water partition coefficient (Wildman–Crippen LogP) is 3.96. The molecule has 3 rings (SSSR count). The lowest BCUT2D eigenvalue weighted by atomic mass is 10.2. The van der Waals surface area contributed by atoms with Gasteiger partial charge in [-0.2, -0.15) is 0 Å². The van der Waals surface area contributed by atoms with Crippen molar-refractivity contribution >= 4 is 60.7 Å². The average Bonchev–Trinajstić information content (AvgIpc) is 2.80. The van der Waals surface area contributed by atoms with Crippen molar-refractivity contribution in [3.05, 3.63) is 64.9 Å². The summed E-state index contributed by atoms with van der Waals surface area (Å²) in [7, 11) is -2.49. The van der Waals surface area contributed by atoms with E-state index in [2.05, 4.69) is 41.3 Å². The number of ether oxygens (including phenoxy) is 2. The van der Waals surface area contributed by atoms with Crippen molar-refractivity contribution in [2.45, 2.75) is 24.8 Å². The van der Waals surface area contributed by atoms with E-state index in [0.717, 1.165) is 0 Å². The van der Waals surface area contributed by atoms with Crippen LogP contribution < -0.4 is 24.8 Å². The fraction of sp³-hybridized carbons (Fsp3) is 0.182. The zero-order chi connectivity index (χ0) is 25.6. The Balaban J connectivity index is 1.66. The van der Waals surface area contributed by atoms with Gasteiger partial charge in [-0.25, -0.2) is 18.4 Å². The van der Waals surface area contributed by atoms with Crippen molar-refractivity contribution in [2.75, 3.05) is 17.1 Å². The maximum absolute atomic E-state index is 12.8. The summed E-state index contributed by atoms with van der Waals surface area (Å²) in [5, 5.41) is 5.49. The number of carbonyl (C=O) groups is 1. The molecule has 2 aromatic carbocycles. The fourth-order valence-electron chi connectivity index (χ4n) is 2.79. The zero-order valence-electron chi connectivity index (χ0n) is 18.9. The van der Waals surface area contributed by atoms with Gasteiger partial charge in [0, 0.05) is 16.2 Å². The lowest BCUT2D eigenvalue weighted by Gasteiger charge is -2.15. The van der Waals surface area contributed by atoms with Crippen LogP contribution >= 0.6 is 28.1 Å². The molecule has 0 aliphatic heterocycles. The van der Waals surface area contributed by atoms with Crippen LogP contribution in [0.4, 0.5) is 11.5 Å². The Kier molecular flexibility index (Phi) is 8.59. The largest absolute Gasteiger partial charge is 0.490 e. The summed E-state index contributed by atoms with van der Waals surface area (Å²) in [6, 6.07) is 12.3. The van der Waals surface area contributed by atoms with Crippen LogP contribution in [-0.4, -0.2) is 42.6 Å². The number of methoxy groups -OCH3 is 1. The van der Waals surface area contributed by atoms with Gasteiger partial charge in [0.1, 0.15) is 17.9 Å². The van der Waals surface area contributed by atoms with Crippen LogP contribution in [0.5, 0.6) is 11.6 Å². The molecule has 0 aliphatic carbocycles. The van der Waals surface area contributed by atoms with Gasteiger partial charge in [-0.15, -0.1) is 0 Å². The van der Waals surface area contributed by atoms with Gasteiger partial charge in [0.05, 0.1) is 23.7 Å². The molecule has 0 unspecified atom stereocenters. The molecule has 0 saturated carbocycles. The molecule has 1 amide bonds. The number of benzene rings is 2. The topological polar surface area (TPSA) is 132 Å². The van der Waals surface area contributed by atoms with E-state index in [9.17, 15) is 13.2 Å². The van der Waals surface area contributed by atoms with Crippen LogP contribution in [0.25, 0.3) is 0 Å². The lowest BCUT2D eigenvalue weighted by molar-refractivity contribution is 0.0972. The van der Waals surface area contributed by atoms with E-state index in [-0.39, 0.29) is 27.8 Å². The maximum atomic E-state index is 12.8. The van der Waals surface area contributed by atoms with Gasteiger partial charge in [0.2, 0.25) is 5.88 Å². The number of nitrogens with one attached hydrogen (secondary N) is 3. The third kappa shape index (κ3) is 7.34. The summed E-state index contributed by atoms with van der Waals surface area (Å²) in [5.41, 5.74) is 0.789. The highest BCUT2D eigenvalue weighted by atomic mass is 79.9. The molecule has 1 aromatic heterocycles. The summed E-state index contributed by atoms with van der Waals surface area (Å²) in [6.45, 7) is 3.72. The summed E-state index contributed by atoms with van der Waals surface area (Å²) < 4.78 is 39.0. The normalized spacial score (nSPS) is 11.0. The number of nitrogens with zero attached hydrogens (tertiary/aromatic N) is 2. The minimum absolute atomic E-state index is 0.000180. The first-order valence-electron chi connectivity index (χ1n) is 10.1. The average molecular weight is 580 g/mol. The van der Waals surface area contributed by atoms with E-state index in [1.165, 1.54) is 43.8 Å². The first kappa shape index (κ1) is 26.3. The van der Waals surface area contributed by atoms with E-state index < -0.39 is 15.9 Å². The first-order chi connectivity index (χ1) is 16.6. The van der Waals surface area contributed by atoms with Crippen molar-refractivity contribution in [1.82, 2.24) is 15.3 Å². The molecule has 0 saturated heterocycles. The van der Waals surface area contributed by atoms with Crippen LogP contribution in [0.15, 0.2) is 64.2 Å². The van der Waals surface area contributed by atoms with Gasteiger partial charge in [-0.1, -0.05) is 15.9 Å². The third-order valence-electron chi connectivity index (χ3n) is 4.29. The molecule has 0 atom stereocenters. The van der Waals surface area contributed by atoms with E-state index in [1.807, 2.05) is 13.8 Å². The Bertz CT molecular complexity index is 1330. The van der Waals surface area contributed by atoms with Crippen LogP contribution in [-0.2, 0) is 10.0 Å². The molecular weight excluding hydrogens is 558 g/mol. The zero-order valence-corrected chi connectivity index (χ0v) is 22.1. The molecule has 0 spiro atoms. The van der Waals surface area contributed by atoms with Crippen molar-refractivity contribution in [1.29, 1.82) is 0 Å². The highest BCUT2D eigenvalue weighted by Crippen LogP contribution is 2.24. The third-order valence-corrected chi connectivity index (χ3v) is 6.36. The van der Waals surface area contributed by atoms with E-state index in [1.54, 1.807) is 18.2 Å². The van der Waals surface area contributed by atoms with Crippen molar-refractivity contribution in [3.63, 3.8) is 0 Å². The number of hydrogen-bond acceptors (Lipinski definition) is 8. The van der Waals surface area contributed by atoms with Crippen molar-refractivity contribution in [2.24, 2.45) is 0 Å². The standard InChI is InChI=1S/C22H22BrN5O5S2/c1-13(2)33-18-9-4-14(23)10-17(18)21(29)27-22(34)26-15-5-7-16(8-6-15)35(30,31)28-19-11-20(32-3)25-12-24-19/h4-13H,1-3H3,(H,24,25,28)(H2,26,27,29,34). The van der Waals surface area contributed by atoms with Gasteiger partial charge < -0.3 is 14.8 Å². The molecule has 3 aromatic rings. The number of hydrogen-bond donors (Lipinski definition) is 3. The second kappa shape index (κ2) is 11.4. The Morgan fingerprint density at radius 2 is 1.80 bits per heavy atom. The van der Waals surface area contributed by atoms with E-state index in [0.29, 0.717) is 21.5 Å². The van der Waals surface area contributed by atoms with Crippen LogP contribution in [0.2, 0.25) is 0 Å². The fourth-order valence-corrected chi connectivity index (χ4v) is 4.36. The number of thiocarbonyl (C=S) groups is 1. The van der Waals surface area contributed by atoms with Crippen LogP contribution in [0, 0.1) is 0 Å². The van der Waals surface area contributed by atoms with Gasteiger partial charge in [0.25, 0.3) is 15.9 Å². The van der Waals surface area contributed by atoms with E-state index in [4.69, 9.17) is 21.7 Å². The molecule has 3 N–H and O–H groups in total. The summed E-state index contributed by atoms with van der Waals surface area (Å²) in [6.07, 6.45) is 1.07. The van der Waals surface area contributed by atoms with Gasteiger partial charge in [0.15, 0.2) is 5.11 Å². The monoisotopic (exact) mass is 579 g/mol. The second-order valence-corrected chi connectivity index (χ2v) is 10.3. The summed E-state index contributed by atoms with van der Waals surface area (Å²) in [5.74, 6) is 0.254. The van der Waals surface area contributed by atoms with Crippen LogP contribution in [0.3, 0.4) is 0 Å². The molecule has 13 heteroatoms. The molecular formula is C22H22BrN5O5S2. The molecule has 0 aliphatic rings. The Labute approximate surface area is 216 Å². The number of halogens is 1. The van der Waals surface area contributed by atoms with Gasteiger partial charge in [-0.05, 0) is 68.5 Å². The number of aromatic nitrogens is 2. The maximum Gasteiger partial charge on any atom is 0.263 e. The lowest BCUT2D eigenvalue weighted by Crippen LogP contribution is -2.34. The Morgan fingerprint density at radius 3 is 2.46 bits per heavy atom. The SMILES string of the molecule is COc1cc(NS(=O)(=O)c2ccc(NC(=S)NC(=O)c3cc(Br)ccc3OC(C)C)cc2)ncn1. The van der Waals surface area contributed by atoms with Crippen molar-refractivity contribution < 1.29 is 22.7 Å². The molecule has 1 heterocycles. The smallest absolute Gasteiger partial charge is 0.263 e. The number of sulfonamides is 1. The molecule has 184 valence electrons. The Hall–Kier alpha value is -3.29. The molecule has 10 nitrogen and oxygen atoms in total. The summed E-state index contributed by atoms with van der Waals surface area (Å²) in [4.78, 5) is 20.5. The number of carbonyl (C=O) groups excluding carboxylic acids is 1. The Morgan fingerprint density at radius 1 is 1.09 bits per heavy atom. The summed E-state index contributed by atoms with van der Waals surface area (Å²) >= 11 is 8.59. The van der Waals surface area contributed by atoms with Crippen molar-refractivity contribution in [3.8, 4) is 11.6 Å². The van der Waals surface area contributed by atoms with E-state index >= 15 is 0 Å². The molecule has 0 fully saturated rings. The highest BCUT2D eigenvalue weighted by molar-refractivity contribution is 9.10. The highest BCUT2D eigenvalue weighted by Gasteiger charge is 2.17. The quantitative estimate of drug-likeness (QED) is 0.339. The minimum Gasteiger partial charge on any atom is -0.490 e. The number of amides is 1. The first-order valence-corrected chi connectivity index (χ1v) is 12.8. The second-order valence-electron chi connectivity index (χ2n) is 7.29. The number of anilines is 2. The molecule has 0 bridgehead atoms. The van der Waals surface area contributed by atoms with Crippen LogP contribution in [0.1, 0.15) is 24.2 Å². The van der Waals surface area contributed by atoms with Gasteiger partial charge in [-0.3, -0.25) is 14.8 Å².